The maximum atomic E-state index is 13.2. The highest BCUT2D eigenvalue weighted by Gasteiger charge is 2.60. The third-order valence-corrected chi connectivity index (χ3v) is 9.19. The van der Waals surface area contributed by atoms with Gasteiger partial charge in [-0.2, -0.15) is 0 Å². The number of carbonyl (C=O) groups excluding carboxylic acids is 2. The Labute approximate surface area is 173 Å². The quantitative estimate of drug-likeness (QED) is 0.743. The highest BCUT2D eigenvalue weighted by atomic mass is 16.5. The maximum absolute atomic E-state index is 13.2. The summed E-state index contributed by atoms with van der Waals surface area (Å²) >= 11 is 0. The first-order valence-electron chi connectivity index (χ1n) is 11.5. The minimum Gasteiger partial charge on any atom is -0.387 e. The Morgan fingerprint density at radius 2 is 1.97 bits per heavy atom. The number of hydrazine groups is 1. The van der Waals surface area contributed by atoms with Crippen molar-refractivity contribution in [1.82, 2.24) is 15.8 Å². The second-order valence-corrected chi connectivity index (χ2v) is 10.4. The monoisotopic (exact) mass is 401 g/mol. The van der Waals surface area contributed by atoms with Gasteiger partial charge in [0.1, 0.15) is 0 Å². The van der Waals surface area contributed by atoms with Crippen LogP contribution in [0, 0.1) is 34.5 Å². The van der Waals surface area contributed by atoms with Gasteiger partial charge in [-0.3, -0.25) is 15.0 Å². The van der Waals surface area contributed by atoms with Crippen molar-refractivity contribution < 1.29 is 14.3 Å². The van der Waals surface area contributed by atoms with Gasteiger partial charge in [0.05, 0.1) is 13.2 Å². The number of piperidine rings is 1. The Hall–Kier alpha value is -1.40. The molecule has 160 valence electrons. The van der Waals surface area contributed by atoms with Crippen molar-refractivity contribution in [1.29, 1.82) is 0 Å². The van der Waals surface area contributed by atoms with E-state index in [0.717, 1.165) is 45.3 Å². The smallest absolute Gasteiger partial charge is 0.237 e. The number of fused-ring (bicyclic) bond motifs is 5. The molecule has 0 aromatic heterocycles. The van der Waals surface area contributed by atoms with Crippen molar-refractivity contribution in [2.75, 3.05) is 32.8 Å². The summed E-state index contributed by atoms with van der Waals surface area (Å²) < 4.78 is 5.41. The number of morpholine rings is 1. The lowest BCUT2D eigenvalue weighted by Crippen LogP contribution is -2.58. The number of amides is 1. The predicted octanol–water partition coefficient (Wildman–Crippen LogP) is 2.26. The Bertz CT molecular complexity index is 731. The van der Waals surface area contributed by atoms with E-state index in [-0.39, 0.29) is 28.4 Å². The SMILES string of the molecule is C[C@]12CCC(=O)C=C1NC[C@@H]1[C@H]2CC[C@]2(C)C(C(=O)NN3CCOCC3)CC[C@@H]12. The maximum Gasteiger partial charge on any atom is 0.237 e. The summed E-state index contributed by atoms with van der Waals surface area (Å²) in [6.07, 6.45) is 7.96. The zero-order valence-corrected chi connectivity index (χ0v) is 17.8. The fourth-order valence-corrected chi connectivity index (χ4v) is 7.48. The Balaban J connectivity index is 1.34. The van der Waals surface area contributed by atoms with E-state index in [9.17, 15) is 9.59 Å². The number of rotatable bonds is 2. The third-order valence-electron chi connectivity index (χ3n) is 9.19. The lowest BCUT2D eigenvalue weighted by molar-refractivity contribution is -0.139. The molecule has 0 radical (unpaired) electrons. The van der Waals surface area contributed by atoms with E-state index in [0.29, 0.717) is 37.4 Å². The molecule has 29 heavy (non-hydrogen) atoms. The molecule has 5 aliphatic rings. The summed E-state index contributed by atoms with van der Waals surface area (Å²) in [6.45, 7) is 8.64. The summed E-state index contributed by atoms with van der Waals surface area (Å²) in [5.74, 6) is 2.41. The fourth-order valence-electron chi connectivity index (χ4n) is 7.48. The molecule has 2 saturated carbocycles. The van der Waals surface area contributed by atoms with Crippen molar-refractivity contribution in [3.05, 3.63) is 11.8 Å². The van der Waals surface area contributed by atoms with Gasteiger partial charge in [-0.1, -0.05) is 13.8 Å². The second-order valence-electron chi connectivity index (χ2n) is 10.4. The van der Waals surface area contributed by atoms with Gasteiger partial charge in [0.25, 0.3) is 0 Å². The summed E-state index contributed by atoms with van der Waals surface area (Å²) in [6, 6.07) is 0. The molecule has 3 aliphatic carbocycles. The molecule has 2 aliphatic heterocycles. The van der Waals surface area contributed by atoms with E-state index in [4.69, 9.17) is 4.74 Å². The Morgan fingerprint density at radius 1 is 1.17 bits per heavy atom. The number of hydrogen-bond acceptors (Lipinski definition) is 5. The summed E-state index contributed by atoms with van der Waals surface area (Å²) in [5, 5.41) is 5.68. The number of ketones is 1. The summed E-state index contributed by atoms with van der Waals surface area (Å²) in [7, 11) is 0. The van der Waals surface area contributed by atoms with E-state index in [1.54, 1.807) is 0 Å². The van der Waals surface area contributed by atoms with Crippen LogP contribution in [0.5, 0.6) is 0 Å². The van der Waals surface area contributed by atoms with Gasteiger partial charge in [0.15, 0.2) is 5.78 Å². The molecule has 0 aromatic rings. The van der Waals surface area contributed by atoms with Gasteiger partial charge in [-0.25, -0.2) is 5.01 Å². The standard InChI is InChI=1S/C23H35N3O3/c1-22-8-6-18-16(14-24-20-13-15(27)5-7-23(18,20)2)17(22)3-4-19(22)21(28)25-26-9-11-29-12-10-26/h13,16-19,24H,3-12,14H2,1-2H3,(H,25,28)/t16-,17-,18+,19?,22-,23+/m0/s1. The van der Waals surface area contributed by atoms with Crippen LogP contribution in [0.1, 0.15) is 52.4 Å². The molecule has 6 atom stereocenters. The van der Waals surface area contributed by atoms with Crippen LogP contribution in [0.2, 0.25) is 0 Å². The molecule has 2 saturated heterocycles. The Kier molecular flexibility index (Phi) is 4.78. The average molecular weight is 402 g/mol. The molecular weight excluding hydrogens is 366 g/mol. The van der Waals surface area contributed by atoms with Crippen LogP contribution in [0.25, 0.3) is 0 Å². The Morgan fingerprint density at radius 3 is 2.76 bits per heavy atom. The largest absolute Gasteiger partial charge is 0.387 e. The first-order valence-corrected chi connectivity index (χ1v) is 11.5. The van der Waals surface area contributed by atoms with Crippen molar-refractivity contribution in [3.8, 4) is 0 Å². The van der Waals surface area contributed by atoms with Crippen LogP contribution in [-0.4, -0.2) is 49.5 Å². The molecule has 0 aromatic carbocycles. The fraction of sp³-hybridized carbons (Fsp3) is 0.826. The third kappa shape index (κ3) is 3.05. The van der Waals surface area contributed by atoms with E-state index in [1.165, 1.54) is 12.1 Å². The number of carbonyl (C=O) groups is 2. The summed E-state index contributed by atoms with van der Waals surface area (Å²) in [5.41, 5.74) is 4.57. The van der Waals surface area contributed by atoms with Crippen molar-refractivity contribution in [3.63, 3.8) is 0 Å². The van der Waals surface area contributed by atoms with E-state index < -0.39 is 0 Å². The van der Waals surface area contributed by atoms with Crippen molar-refractivity contribution in [2.45, 2.75) is 52.4 Å². The van der Waals surface area contributed by atoms with Crippen LogP contribution in [0.4, 0.5) is 0 Å². The zero-order valence-electron chi connectivity index (χ0n) is 17.8. The van der Waals surface area contributed by atoms with Gasteiger partial charge in [-0.05, 0) is 55.3 Å². The number of allylic oxidation sites excluding steroid dienone is 2. The topological polar surface area (TPSA) is 70.7 Å². The van der Waals surface area contributed by atoms with Crippen LogP contribution >= 0.6 is 0 Å². The van der Waals surface area contributed by atoms with Crippen molar-refractivity contribution >= 4 is 11.7 Å². The zero-order chi connectivity index (χ0) is 20.2. The number of nitrogens with zero attached hydrogens (tertiary/aromatic N) is 1. The molecular formula is C23H35N3O3. The minimum atomic E-state index is 0.0846. The van der Waals surface area contributed by atoms with Crippen LogP contribution in [0.15, 0.2) is 11.8 Å². The molecule has 0 bridgehead atoms. The minimum absolute atomic E-state index is 0.0846. The van der Waals surface area contributed by atoms with Gasteiger partial charge >= 0.3 is 0 Å². The first-order chi connectivity index (χ1) is 13.9. The molecule has 4 fully saturated rings. The second kappa shape index (κ2) is 7.09. The lowest BCUT2D eigenvalue weighted by atomic mass is 9.50. The highest BCUT2D eigenvalue weighted by molar-refractivity contribution is 5.91. The van der Waals surface area contributed by atoms with E-state index in [1.807, 2.05) is 11.1 Å². The first kappa shape index (κ1) is 19.6. The highest BCUT2D eigenvalue weighted by Crippen LogP contribution is 2.64. The van der Waals surface area contributed by atoms with Crippen LogP contribution in [-0.2, 0) is 14.3 Å². The molecule has 1 amide bonds. The van der Waals surface area contributed by atoms with Crippen LogP contribution in [0.3, 0.4) is 0 Å². The number of hydrogen-bond donors (Lipinski definition) is 2. The summed E-state index contributed by atoms with van der Waals surface area (Å²) in [4.78, 5) is 25.2. The average Bonchev–Trinajstić information content (AvgIpc) is 3.06. The molecule has 5 rings (SSSR count). The van der Waals surface area contributed by atoms with E-state index >= 15 is 0 Å². The normalized spacial score (nSPS) is 44.8. The predicted molar refractivity (Wildman–Crippen MR) is 110 cm³/mol. The number of ether oxygens (including phenoxy) is 1. The van der Waals surface area contributed by atoms with Gasteiger partial charge in [0.2, 0.25) is 5.91 Å². The van der Waals surface area contributed by atoms with Crippen LogP contribution < -0.4 is 10.7 Å². The molecule has 6 nitrogen and oxygen atoms in total. The number of nitrogens with one attached hydrogen (secondary N) is 2. The van der Waals surface area contributed by atoms with E-state index in [2.05, 4.69) is 24.6 Å². The lowest BCUT2D eigenvalue weighted by Gasteiger charge is -2.58. The molecule has 1 unspecified atom stereocenters. The van der Waals surface area contributed by atoms with Crippen molar-refractivity contribution in [2.24, 2.45) is 34.5 Å². The van der Waals surface area contributed by atoms with Gasteiger partial charge in [0, 0.05) is 49.2 Å². The molecule has 6 heteroatoms. The molecule has 2 heterocycles. The molecule has 2 N–H and O–H groups in total. The molecule has 0 spiro atoms. The van der Waals surface area contributed by atoms with Gasteiger partial charge in [-0.15, -0.1) is 0 Å². The van der Waals surface area contributed by atoms with Gasteiger partial charge < -0.3 is 10.1 Å².